The predicted molar refractivity (Wildman–Crippen MR) is 104 cm³/mol. The SMILES string of the molecule is COc1cc(C(=O)C2CC(CCO)(c3cccnc3)CN2)cc(OC)c1OC. The van der Waals surface area contributed by atoms with Crippen LogP contribution in [-0.2, 0) is 5.41 Å². The molecule has 1 aromatic heterocycles. The van der Waals surface area contributed by atoms with E-state index in [2.05, 4.69) is 10.3 Å². The van der Waals surface area contributed by atoms with Gasteiger partial charge in [-0.05, 0) is 36.6 Å². The van der Waals surface area contributed by atoms with E-state index in [1.165, 1.54) is 21.3 Å². The quantitative estimate of drug-likeness (QED) is 0.671. The van der Waals surface area contributed by atoms with Crippen LogP contribution in [0.2, 0.25) is 0 Å². The number of carbonyl (C=O) groups is 1. The number of hydrogen-bond acceptors (Lipinski definition) is 7. The van der Waals surface area contributed by atoms with Crippen molar-refractivity contribution in [3.63, 3.8) is 0 Å². The summed E-state index contributed by atoms with van der Waals surface area (Å²) in [4.78, 5) is 17.4. The molecule has 7 heteroatoms. The number of hydrogen-bond donors (Lipinski definition) is 2. The first-order chi connectivity index (χ1) is 13.6. The van der Waals surface area contributed by atoms with Gasteiger partial charge in [0.05, 0.1) is 27.4 Å². The van der Waals surface area contributed by atoms with E-state index in [9.17, 15) is 9.90 Å². The van der Waals surface area contributed by atoms with Gasteiger partial charge in [-0.25, -0.2) is 0 Å². The summed E-state index contributed by atoms with van der Waals surface area (Å²) in [6, 6.07) is 6.83. The molecule has 1 aromatic carbocycles. The van der Waals surface area contributed by atoms with Gasteiger partial charge in [-0.3, -0.25) is 9.78 Å². The summed E-state index contributed by atoms with van der Waals surface area (Å²) in [5, 5.41) is 12.9. The van der Waals surface area contributed by atoms with E-state index < -0.39 is 0 Å². The number of ketones is 1. The number of nitrogens with one attached hydrogen (secondary N) is 1. The van der Waals surface area contributed by atoms with Crippen molar-refractivity contribution in [3.8, 4) is 17.2 Å². The Morgan fingerprint density at radius 1 is 1.25 bits per heavy atom. The number of Topliss-reactive ketones (excluding diaryl/α,β-unsaturated/α-hetero) is 1. The number of rotatable bonds is 8. The van der Waals surface area contributed by atoms with Gasteiger partial charge in [0.15, 0.2) is 17.3 Å². The van der Waals surface area contributed by atoms with Gasteiger partial charge < -0.3 is 24.6 Å². The monoisotopic (exact) mass is 386 g/mol. The van der Waals surface area contributed by atoms with Crippen LogP contribution < -0.4 is 19.5 Å². The molecule has 7 nitrogen and oxygen atoms in total. The lowest BCUT2D eigenvalue weighted by Crippen LogP contribution is -2.31. The summed E-state index contributed by atoms with van der Waals surface area (Å²) in [5.74, 6) is 1.28. The molecule has 0 saturated carbocycles. The second-order valence-electron chi connectivity index (χ2n) is 6.91. The van der Waals surface area contributed by atoms with Crippen LogP contribution in [0.4, 0.5) is 0 Å². The smallest absolute Gasteiger partial charge is 0.203 e. The Morgan fingerprint density at radius 3 is 2.50 bits per heavy atom. The molecule has 2 aromatic rings. The molecule has 2 unspecified atom stereocenters. The van der Waals surface area contributed by atoms with Crippen LogP contribution in [0, 0.1) is 0 Å². The van der Waals surface area contributed by atoms with Gasteiger partial charge in [0.25, 0.3) is 0 Å². The van der Waals surface area contributed by atoms with E-state index in [-0.39, 0.29) is 23.8 Å². The fourth-order valence-electron chi connectivity index (χ4n) is 3.91. The lowest BCUT2D eigenvalue weighted by molar-refractivity contribution is 0.0947. The highest BCUT2D eigenvalue weighted by atomic mass is 16.5. The van der Waals surface area contributed by atoms with Gasteiger partial charge in [-0.1, -0.05) is 6.07 Å². The maximum atomic E-state index is 13.2. The topological polar surface area (TPSA) is 89.9 Å². The zero-order chi connectivity index (χ0) is 20.1. The van der Waals surface area contributed by atoms with Gasteiger partial charge in [0.2, 0.25) is 5.75 Å². The molecule has 0 amide bonds. The Bertz CT molecular complexity index is 802. The van der Waals surface area contributed by atoms with E-state index >= 15 is 0 Å². The zero-order valence-electron chi connectivity index (χ0n) is 16.4. The first-order valence-electron chi connectivity index (χ1n) is 9.17. The number of carbonyl (C=O) groups excluding carboxylic acids is 1. The molecule has 1 fully saturated rings. The van der Waals surface area contributed by atoms with Crippen molar-refractivity contribution in [2.75, 3.05) is 34.5 Å². The van der Waals surface area contributed by atoms with Crippen LogP contribution >= 0.6 is 0 Å². The second-order valence-corrected chi connectivity index (χ2v) is 6.91. The van der Waals surface area contributed by atoms with Crippen LogP contribution in [0.25, 0.3) is 0 Å². The number of methoxy groups -OCH3 is 3. The summed E-state index contributed by atoms with van der Waals surface area (Å²) in [7, 11) is 4.57. The number of aliphatic hydroxyl groups is 1. The fraction of sp³-hybridized carbons (Fsp3) is 0.429. The molecular weight excluding hydrogens is 360 g/mol. The number of nitrogens with zero attached hydrogens (tertiary/aromatic N) is 1. The minimum Gasteiger partial charge on any atom is -0.493 e. The second kappa shape index (κ2) is 8.58. The maximum absolute atomic E-state index is 13.2. The summed E-state index contributed by atoms with van der Waals surface area (Å²) < 4.78 is 16.1. The summed E-state index contributed by atoms with van der Waals surface area (Å²) >= 11 is 0. The standard InChI is InChI=1S/C21H26N2O5/c1-26-17-9-14(10-18(27-2)20(17)28-3)19(25)16-11-21(6-8-24,13-23-16)15-5-4-7-22-12-15/h4-5,7,9-10,12,16,23-24H,6,8,11,13H2,1-3H3. The van der Waals surface area contributed by atoms with Crippen molar-refractivity contribution in [1.82, 2.24) is 10.3 Å². The molecule has 2 atom stereocenters. The highest BCUT2D eigenvalue weighted by molar-refractivity contribution is 6.01. The third-order valence-electron chi connectivity index (χ3n) is 5.41. The van der Waals surface area contributed by atoms with E-state index in [0.717, 1.165) is 5.56 Å². The molecule has 1 aliphatic heterocycles. The van der Waals surface area contributed by atoms with Gasteiger partial charge in [-0.2, -0.15) is 0 Å². The highest BCUT2D eigenvalue weighted by Crippen LogP contribution is 2.40. The van der Waals surface area contributed by atoms with Crippen LogP contribution in [0.5, 0.6) is 17.2 Å². The van der Waals surface area contributed by atoms with E-state index in [0.29, 0.717) is 42.2 Å². The molecule has 0 bridgehead atoms. The third-order valence-corrected chi connectivity index (χ3v) is 5.41. The number of ether oxygens (including phenoxy) is 3. The van der Waals surface area contributed by atoms with Crippen molar-refractivity contribution < 1.29 is 24.1 Å². The lowest BCUT2D eigenvalue weighted by atomic mass is 9.76. The molecule has 2 N–H and O–H groups in total. The minimum absolute atomic E-state index is 0.0433. The number of aromatic nitrogens is 1. The molecule has 0 radical (unpaired) electrons. The van der Waals surface area contributed by atoms with Gasteiger partial charge in [-0.15, -0.1) is 0 Å². The number of benzene rings is 1. The average molecular weight is 386 g/mol. The Balaban J connectivity index is 1.90. The first kappa shape index (κ1) is 20.1. The molecule has 2 heterocycles. The maximum Gasteiger partial charge on any atom is 0.203 e. The Kier molecular flexibility index (Phi) is 6.16. The predicted octanol–water partition coefficient (Wildman–Crippen LogP) is 1.97. The molecule has 3 rings (SSSR count). The van der Waals surface area contributed by atoms with Crippen molar-refractivity contribution >= 4 is 5.78 Å². The number of pyridine rings is 1. The molecule has 1 saturated heterocycles. The zero-order valence-corrected chi connectivity index (χ0v) is 16.4. The van der Waals surface area contributed by atoms with E-state index in [4.69, 9.17) is 14.2 Å². The molecule has 28 heavy (non-hydrogen) atoms. The highest BCUT2D eigenvalue weighted by Gasteiger charge is 2.43. The molecule has 0 aliphatic carbocycles. The van der Waals surface area contributed by atoms with Crippen molar-refractivity contribution in [1.29, 1.82) is 0 Å². The van der Waals surface area contributed by atoms with Crippen molar-refractivity contribution in [3.05, 3.63) is 47.8 Å². The largest absolute Gasteiger partial charge is 0.493 e. The fourth-order valence-corrected chi connectivity index (χ4v) is 3.91. The van der Waals surface area contributed by atoms with Crippen LogP contribution in [-0.4, -0.2) is 56.4 Å². The molecule has 150 valence electrons. The minimum atomic E-state index is -0.380. The van der Waals surface area contributed by atoms with Gasteiger partial charge in [0, 0.05) is 36.5 Å². The van der Waals surface area contributed by atoms with Gasteiger partial charge in [0.1, 0.15) is 0 Å². The molecular formula is C21H26N2O5. The molecule has 0 spiro atoms. The normalized spacial score (nSPS) is 21.4. The van der Waals surface area contributed by atoms with Crippen molar-refractivity contribution in [2.45, 2.75) is 24.3 Å². The van der Waals surface area contributed by atoms with Crippen molar-refractivity contribution in [2.24, 2.45) is 0 Å². The van der Waals surface area contributed by atoms with Gasteiger partial charge >= 0.3 is 0 Å². The Labute approximate surface area is 164 Å². The third kappa shape index (κ3) is 3.68. The average Bonchev–Trinajstić information content (AvgIpc) is 3.18. The molecule has 1 aliphatic rings. The summed E-state index contributed by atoms with van der Waals surface area (Å²) in [5.41, 5.74) is 1.18. The number of aliphatic hydroxyl groups excluding tert-OH is 1. The van der Waals surface area contributed by atoms with Crippen LogP contribution in [0.3, 0.4) is 0 Å². The van der Waals surface area contributed by atoms with E-state index in [1.54, 1.807) is 18.3 Å². The lowest BCUT2D eigenvalue weighted by Gasteiger charge is -2.28. The first-order valence-corrected chi connectivity index (χ1v) is 9.17. The van der Waals surface area contributed by atoms with E-state index in [1.807, 2.05) is 18.3 Å². The van der Waals surface area contributed by atoms with Crippen LogP contribution in [0.15, 0.2) is 36.7 Å². The van der Waals surface area contributed by atoms with Crippen LogP contribution in [0.1, 0.15) is 28.8 Å². The summed E-state index contributed by atoms with van der Waals surface area (Å²) in [6.45, 7) is 0.641. The summed E-state index contributed by atoms with van der Waals surface area (Å²) in [6.07, 6.45) is 4.67. The Hall–Kier alpha value is -2.64. The Morgan fingerprint density at radius 2 is 1.96 bits per heavy atom.